The first-order valence-electron chi connectivity index (χ1n) is 2.63. The fraction of sp³-hybridized carbons (Fsp3) is 1.00. The van der Waals surface area contributed by atoms with Crippen LogP contribution < -0.4 is 5.32 Å². The molecule has 0 rings (SSSR count). The van der Waals surface area contributed by atoms with Crippen LogP contribution in [0.15, 0.2) is 0 Å². The summed E-state index contributed by atoms with van der Waals surface area (Å²) in [4.78, 5) is 0. The summed E-state index contributed by atoms with van der Waals surface area (Å²) in [5.41, 5.74) is 0. The van der Waals surface area contributed by atoms with Gasteiger partial charge < -0.3 is 5.32 Å². The Morgan fingerprint density at radius 2 is 1.89 bits per heavy atom. The molecular formula is C4H13NO3S. The van der Waals surface area contributed by atoms with E-state index in [1.54, 1.807) is 0 Å². The molecule has 0 radical (unpaired) electrons. The zero-order valence-electron chi connectivity index (χ0n) is 5.63. The number of hydrogen-bond acceptors (Lipinski definition) is 3. The van der Waals surface area contributed by atoms with Crippen LogP contribution in [0.1, 0.15) is 13.3 Å². The van der Waals surface area contributed by atoms with E-state index in [4.69, 9.17) is 13.0 Å². The summed E-state index contributed by atoms with van der Waals surface area (Å²) >= 11 is 0. The van der Waals surface area contributed by atoms with Gasteiger partial charge in [0.25, 0.3) is 11.0 Å². The van der Waals surface area contributed by atoms with Crippen molar-refractivity contribution < 1.29 is 13.0 Å². The van der Waals surface area contributed by atoms with E-state index in [0.717, 1.165) is 6.54 Å². The summed E-state index contributed by atoms with van der Waals surface area (Å²) in [6, 6.07) is 0. The highest BCUT2D eigenvalue weighted by atomic mass is 32.2. The van der Waals surface area contributed by atoms with Crippen molar-refractivity contribution in [2.24, 2.45) is 0 Å². The maximum absolute atomic E-state index is 8.59. The van der Waals surface area contributed by atoms with E-state index >= 15 is 0 Å². The van der Waals surface area contributed by atoms with E-state index in [1.807, 2.05) is 7.05 Å². The molecule has 0 saturated carbocycles. The number of rotatable bonds is 2. The molecule has 0 amide bonds. The smallest absolute Gasteiger partial charge is 0.254 e. The topological polar surface area (TPSA) is 66.4 Å². The van der Waals surface area contributed by atoms with Crippen molar-refractivity contribution in [1.29, 1.82) is 0 Å². The van der Waals surface area contributed by atoms with Gasteiger partial charge in [0.05, 0.1) is 0 Å². The lowest BCUT2D eigenvalue weighted by Crippen LogP contribution is -2.04. The largest absolute Gasteiger partial charge is 0.320 e. The van der Waals surface area contributed by atoms with Gasteiger partial charge >= 0.3 is 0 Å². The predicted octanol–water partition coefficient (Wildman–Crippen LogP) is -0.313. The molecule has 0 aromatic carbocycles. The number of hydrogen-bond donors (Lipinski definition) is 3. The Balaban J connectivity index is 0. The van der Waals surface area contributed by atoms with Crippen molar-refractivity contribution >= 4 is 11.0 Å². The predicted molar refractivity (Wildman–Crippen MR) is 37.2 cm³/mol. The molecule has 0 bridgehead atoms. The molecule has 5 heteroatoms. The molecule has 58 valence electrons. The first-order valence-corrected chi connectivity index (χ1v) is 3.76. The van der Waals surface area contributed by atoms with Crippen LogP contribution >= 0.6 is 0 Å². The molecule has 0 fully saturated rings. The molecule has 4 nitrogen and oxygen atoms in total. The highest BCUT2D eigenvalue weighted by Gasteiger charge is 1.64. The van der Waals surface area contributed by atoms with Crippen LogP contribution in [0.4, 0.5) is 0 Å². The van der Waals surface area contributed by atoms with Gasteiger partial charge in [-0.3, -0.25) is 4.55 Å². The molecule has 0 unspecified atom stereocenters. The lowest BCUT2D eigenvalue weighted by Gasteiger charge is -1.84. The van der Waals surface area contributed by atoms with E-state index in [2.05, 4.69) is 12.2 Å². The average molecular weight is 155 g/mol. The second-order valence-electron chi connectivity index (χ2n) is 1.34. The number of nitrogens with one attached hydrogen (secondary N) is 1. The van der Waals surface area contributed by atoms with Crippen molar-refractivity contribution in [2.75, 3.05) is 13.6 Å². The maximum atomic E-state index is 8.59. The summed E-state index contributed by atoms with van der Waals surface area (Å²) in [5.74, 6) is 0. The van der Waals surface area contributed by atoms with Crippen molar-refractivity contribution in [3.05, 3.63) is 0 Å². The van der Waals surface area contributed by atoms with Crippen LogP contribution in [0.2, 0.25) is 0 Å². The highest BCUT2D eigenvalue weighted by molar-refractivity contribution is 7.66. The monoisotopic (exact) mass is 155 g/mol. The average Bonchev–Trinajstić information content (AvgIpc) is 1.66. The summed E-state index contributed by atoms with van der Waals surface area (Å²) in [7, 11) is -1.16. The first kappa shape index (κ1) is 11.6. The van der Waals surface area contributed by atoms with Crippen molar-refractivity contribution in [1.82, 2.24) is 5.32 Å². The van der Waals surface area contributed by atoms with Gasteiger partial charge in [0.1, 0.15) is 0 Å². The summed E-state index contributed by atoms with van der Waals surface area (Å²) in [6.07, 6.45) is 1.23. The van der Waals surface area contributed by atoms with Crippen LogP contribution in [-0.4, -0.2) is 26.6 Å². The molecule has 9 heavy (non-hydrogen) atoms. The second-order valence-corrected chi connectivity index (χ2v) is 1.82. The van der Waals surface area contributed by atoms with E-state index in [0.29, 0.717) is 0 Å². The van der Waals surface area contributed by atoms with Crippen LogP contribution in [-0.2, 0) is 11.0 Å². The van der Waals surface area contributed by atoms with Crippen LogP contribution in [0.25, 0.3) is 0 Å². The summed E-state index contributed by atoms with van der Waals surface area (Å²) < 4.78 is 24.2. The zero-order valence-corrected chi connectivity index (χ0v) is 6.52. The molecule has 0 saturated heterocycles. The second kappa shape index (κ2) is 10.8. The lowest BCUT2D eigenvalue weighted by molar-refractivity contribution is 0.509. The quantitative estimate of drug-likeness (QED) is 0.378. The van der Waals surface area contributed by atoms with Gasteiger partial charge in [-0.1, -0.05) is 6.92 Å². The van der Waals surface area contributed by atoms with Gasteiger partial charge in [-0.05, 0) is 20.0 Å². The van der Waals surface area contributed by atoms with Crippen molar-refractivity contribution in [3.8, 4) is 0 Å². The van der Waals surface area contributed by atoms with Gasteiger partial charge in [-0.15, -0.1) is 0 Å². The highest BCUT2D eigenvalue weighted by Crippen LogP contribution is 1.62. The van der Waals surface area contributed by atoms with Gasteiger partial charge in [-0.25, -0.2) is 8.42 Å². The summed E-state index contributed by atoms with van der Waals surface area (Å²) in [6.45, 7) is 3.29. The Morgan fingerprint density at radius 1 is 1.56 bits per heavy atom. The van der Waals surface area contributed by atoms with E-state index in [9.17, 15) is 0 Å². The molecule has 0 atom stereocenters. The SMILES string of the molecule is CCCNC.O=[SH](=O)O. The van der Waals surface area contributed by atoms with E-state index in [1.165, 1.54) is 6.42 Å². The Bertz CT molecular complexity index is 92.0. The fourth-order valence-corrected chi connectivity index (χ4v) is 0.250. The van der Waals surface area contributed by atoms with E-state index in [-0.39, 0.29) is 0 Å². The third-order valence-corrected chi connectivity index (χ3v) is 0.500. The molecule has 0 aliphatic heterocycles. The maximum Gasteiger partial charge on any atom is 0.254 e. The Morgan fingerprint density at radius 3 is 1.89 bits per heavy atom. The van der Waals surface area contributed by atoms with Crippen LogP contribution in [0, 0.1) is 0 Å². The van der Waals surface area contributed by atoms with Crippen LogP contribution in [0.3, 0.4) is 0 Å². The Kier molecular flexibility index (Phi) is 13.9. The zero-order chi connectivity index (χ0) is 7.70. The minimum atomic E-state index is -3.12. The third-order valence-electron chi connectivity index (χ3n) is 0.500. The fourth-order valence-electron chi connectivity index (χ4n) is 0.250. The third kappa shape index (κ3) is 77.5. The Hall–Kier alpha value is -0.130. The molecule has 0 aliphatic rings. The molecule has 0 heterocycles. The standard InChI is InChI=1S/C4H11N.H2O3S/c1-3-4-5-2;1-4(2)3/h5H,3-4H2,1-2H3;4H,(H,1,2,3). The van der Waals surface area contributed by atoms with Gasteiger partial charge in [0.2, 0.25) is 0 Å². The minimum absolute atomic E-state index is 1.14. The van der Waals surface area contributed by atoms with E-state index < -0.39 is 11.0 Å². The molecular weight excluding hydrogens is 142 g/mol. The first-order chi connectivity index (χ1) is 4.15. The number of thiol groups is 1. The van der Waals surface area contributed by atoms with Gasteiger partial charge in [0, 0.05) is 0 Å². The normalized spacial score (nSPS) is 8.44. The van der Waals surface area contributed by atoms with Gasteiger partial charge in [-0.2, -0.15) is 0 Å². The minimum Gasteiger partial charge on any atom is -0.320 e. The molecule has 0 aliphatic carbocycles. The van der Waals surface area contributed by atoms with Crippen LogP contribution in [0.5, 0.6) is 0 Å². The molecule has 0 spiro atoms. The van der Waals surface area contributed by atoms with Crippen molar-refractivity contribution in [3.63, 3.8) is 0 Å². The summed E-state index contributed by atoms with van der Waals surface area (Å²) in [5, 5.41) is 3.02. The molecule has 2 N–H and O–H groups in total. The van der Waals surface area contributed by atoms with Gasteiger partial charge in [0.15, 0.2) is 0 Å². The lowest BCUT2D eigenvalue weighted by atomic mass is 10.5. The Labute approximate surface area is 57.1 Å². The molecule has 0 aromatic heterocycles. The molecule has 0 aromatic rings. The van der Waals surface area contributed by atoms with Crippen molar-refractivity contribution in [2.45, 2.75) is 13.3 Å².